The van der Waals surface area contributed by atoms with Crippen LogP contribution < -0.4 is 5.73 Å². The van der Waals surface area contributed by atoms with Crippen LogP contribution in [0.4, 0.5) is 5.69 Å². The van der Waals surface area contributed by atoms with E-state index in [4.69, 9.17) is 5.73 Å². The van der Waals surface area contributed by atoms with Gasteiger partial charge in [0.15, 0.2) is 0 Å². The van der Waals surface area contributed by atoms with Crippen molar-refractivity contribution in [3.8, 4) is 10.6 Å². The summed E-state index contributed by atoms with van der Waals surface area (Å²) in [5.41, 5.74) is 9.78. The van der Waals surface area contributed by atoms with Gasteiger partial charge in [0.25, 0.3) is 0 Å². The zero-order chi connectivity index (χ0) is 10.7. The largest absolute Gasteiger partial charge is 0.397 e. The van der Waals surface area contributed by atoms with Gasteiger partial charge >= 0.3 is 0 Å². The van der Waals surface area contributed by atoms with Crippen LogP contribution in [0.25, 0.3) is 10.6 Å². The fourth-order valence-electron chi connectivity index (χ4n) is 1.19. The van der Waals surface area contributed by atoms with E-state index in [1.54, 1.807) is 17.8 Å². The van der Waals surface area contributed by atoms with Crippen LogP contribution in [0.5, 0.6) is 0 Å². The van der Waals surface area contributed by atoms with Crippen molar-refractivity contribution in [3.63, 3.8) is 0 Å². The third-order valence-electron chi connectivity index (χ3n) is 1.93. The summed E-state index contributed by atoms with van der Waals surface area (Å²) in [6, 6.07) is 1.82. The van der Waals surface area contributed by atoms with Gasteiger partial charge in [-0.15, -0.1) is 23.0 Å². The topological polar surface area (TPSA) is 64.7 Å². The SMILES string of the molecule is C=CCc1nnc(-c2cncs2)cc1N. The first kappa shape index (κ1) is 9.79. The molecule has 76 valence electrons. The number of anilines is 1. The van der Waals surface area contributed by atoms with Gasteiger partial charge in [-0.1, -0.05) is 6.08 Å². The lowest BCUT2D eigenvalue weighted by Gasteiger charge is -2.02. The van der Waals surface area contributed by atoms with Crippen LogP contribution in [0.3, 0.4) is 0 Å². The molecule has 0 spiro atoms. The summed E-state index contributed by atoms with van der Waals surface area (Å²) in [4.78, 5) is 4.95. The van der Waals surface area contributed by atoms with E-state index in [1.807, 2.05) is 6.07 Å². The summed E-state index contributed by atoms with van der Waals surface area (Å²) in [5.74, 6) is 0. The molecule has 0 aliphatic carbocycles. The van der Waals surface area contributed by atoms with E-state index in [9.17, 15) is 0 Å². The number of hydrogen-bond donors (Lipinski definition) is 1. The van der Waals surface area contributed by atoms with Crippen molar-refractivity contribution >= 4 is 17.0 Å². The zero-order valence-electron chi connectivity index (χ0n) is 8.05. The molecular formula is C10H10N4S. The van der Waals surface area contributed by atoms with E-state index >= 15 is 0 Å². The lowest BCUT2D eigenvalue weighted by molar-refractivity contribution is 0.961. The number of nitrogens with zero attached hydrogens (tertiary/aromatic N) is 3. The molecule has 0 unspecified atom stereocenters. The molecule has 0 radical (unpaired) electrons. The van der Waals surface area contributed by atoms with Gasteiger partial charge in [-0.3, -0.25) is 4.98 Å². The molecule has 15 heavy (non-hydrogen) atoms. The molecule has 0 saturated heterocycles. The number of rotatable bonds is 3. The molecule has 2 rings (SSSR count). The lowest BCUT2D eigenvalue weighted by Crippen LogP contribution is -2.00. The predicted molar refractivity (Wildman–Crippen MR) is 61.5 cm³/mol. The van der Waals surface area contributed by atoms with Crippen LogP contribution in [0, 0.1) is 0 Å². The van der Waals surface area contributed by atoms with E-state index < -0.39 is 0 Å². The second-order valence-corrected chi connectivity index (χ2v) is 3.88. The molecule has 0 amide bonds. The number of hydrogen-bond acceptors (Lipinski definition) is 5. The molecule has 0 aliphatic heterocycles. The quantitative estimate of drug-likeness (QED) is 0.799. The van der Waals surface area contributed by atoms with Crippen molar-refractivity contribution in [2.75, 3.05) is 5.73 Å². The van der Waals surface area contributed by atoms with Gasteiger partial charge in [0.05, 0.1) is 21.8 Å². The van der Waals surface area contributed by atoms with Crippen molar-refractivity contribution < 1.29 is 0 Å². The Hall–Kier alpha value is -1.75. The molecule has 0 aliphatic rings. The first-order chi connectivity index (χ1) is 7.31. The van der Waals surface area contributed by atoms with Crippen LogP contribution in [0.1, 0.15) is 5.69 Å². The van der Waals surface area contributed by atoms with Gasteiger partial charge in [-0.25, -0.2) is 0 Å². The normalized spacial score (nSPS) is 10.1. The monoisotopic (exact) mass is 218 g/mol. The first-order valence-corrected chi connectivity index (χ1v) is 5.31. The van der Waals surface area contributed by atoms with E-state index in [0.29, 0.717) is 12.1 Å². The van der Waals surface area contributed by atoms with E-state index in [-0.39, 0.29) is 0 Å². The summed E-state index contributed by atoms with van der Waals surface area (Å²) in [6.45, 7) is 3.64. The Bertz CT molecular complexity index is 464. The maximum Gasteiger partial charge on any atom is 0.107 e. The third-order valence-corrected chi connectivity index (χ3v) is 2.72. The number of nitrogens with two attached hydrogens (primary N) is 1. The summed E-state index contributed by atoms with van der Waals surface area (Å²) in [7, 11) is 0. The lowest BCUT2D eigenvalue weighted by atomic mass is 10.2. The second kappa shape index (κ2) is 4.18. The van der Waals surface area contributed by atoms with Crippen molar-refractivity contribution in [3.05, 3.63) is 36.1 Å². The Labute approximate surface area is 91.5 Å². The summed E-state index contributed by atoms with van der Waals surface area (Å²) >= 11 is 1.51. The minimum Gasteiger partial charge on any atom is -0.397 e. The number of nitrogen functional groups attached to an aromatic ring is 1. The van der Waals surface area contributed by atoms with Gasteiger partial charge in [0, 0.05) is 12.6 Å². The van der Waals surface area contributed by atoms with Crippen LogP contribution in [0.15, 0.2) is 30.4 Å². The fraction of sp³-hybridized carbons (Fsp3) is 0.100. The van der Waals surface area contributed by atoms with Crippen molar-refractivity contribution in [2.45, 2.75) is 6.42 Å². The molecule has 0 fully saturated rings. The number of thiazole rings is 1. The first-order valence-electron chi connectivity index (χ1n) is 4.43. The molecule has 0 aromatic carbocycles. The molecule has 2 aromatic heterocycles. The van der Waals surface area contributed by atoms with E-state index in [1.165, 1.54) is 11.3 Å². The standard InChI is InChI=1S/C10H10N4S/c1-2-3-8-7(11)4-9(14-13-8)10-5-12-6-15-10/h2,4-6H,1,3H2,(H2,11,14). The molecule has 0 saturated carbocycles. The van der Waals surface area contributed by atoms with Gasteiger partial charge in [-0.2, -0.15) is 5.10 Å². The Balaban J connectivity index is 2.37. The van der Waals surface area contributed by atoms with Crippen LogP contribution in [-0.2, 0) is 6.42 Å². The fourth-order valence-corrected chi connectivity index (χ4v) is 1.77. The number of allylic oxidation sites excluding steroid dienone is 1. The summed E-state index contributed by atoms with van der Waals surface area (Å²) in [6.07, 6.45) is 4.15. The molecule has 0 atom stereocenters. The molecular weight excluding hydrogens is 208 g/mol. The Kier molecular flexibility index (Phi) is 2.73. The minimum atomic E-state index is 0.641. The molecule has 4 nitrogen and oxygen atoms in total. The van der Waals surface area contributed by atoms with Crippen LogP contribution in [0.2, 0.25) is 0 Å². The Morgan fingerprint density at radius 1 is 1.47 bits per heavy atom. The molecule has 0 bridgehead atoms. The van der Waals surface area contributed by atoms with Gasteiger partial charge in [-0.05, 0) is 6.07 Å². The van der Waals surface area contributed by atoms with Gasteiger partial charge in [0.2, 0.25) is 0 Å². The Morgan fingerprint density at radius 2 is 2.33 bits per heavy atom. The van der Waals surface area contributed by atoms with Crippen molar-refractivity contribution in [1.82, 2.24) is 15.2 Å². The predicted octanol–water partition coefficient (Wildman–Crippen LogP) is 1.91. The van der Waals surface area contributed by atoms with E-state index in [0.717, 1.165) is 16.3 Å². The molecule has 2 heterocycles. The highest BCUT2D eigenvalue weighted by atomic mass is 32.1. The van der Waals surface area contributed by atoms with Crippen molar-refractivity contribution in [1.29, 1.82) is 0 Å². The second-order valence-electron chi connectivity index (χ2n) is 2.99. The van der Waals surface area contributed by atoms with Crippen molar-refractivity contribution in [2.24, 2.45) is 0 Å². The maximum atomic E-state index is 5.85. The highest BCUT2D eigenvalue weighted by molar-refractivity contribution is 7.13. The highest BCUT2D eigenvalue weighted by Gasteiger charge is 2.05. The molecule has 2 N–H and O–H groups in total. The van der Waals surface area contributed by atoms with Gasteiger partial charge < -0.3 is 5.73 Å². The smallest absolute Gasteiger partial charge is 0.107 e. The van der Waals surface area contributed by atoms with Crippen LogP contribution in [-0.4, -0.2) is 15.2 Å². The zero-order valence-corrected chi connectivity index (χ0v) is 8.87. The van der Waals surface area contributed by atoms with Crippen LogP contribution >= 0.6 is 11.3 Å². The van der Waals surface area contributed by atoms with Gasteiger partial charge in [0.1, 0.15) is 5.69 Å². The maximum absolute atomic E-state index is 5.85. The molecule has 5 heteroatoms. The molecule has 2 aromatic rings. The minimum absolute atomic E-state index is 0.641. The third kappa shape index (κ3) is 2.02. The van der Waals surface area contributed by atoms with E-state index in [2.05, 4.69) is 21.8 Å². The summed E-state index contributed by atoms with van der Waals surface area (Å²) < 4.78 is 0. The summed E-state index contributed by atoms with van der Waals surface area (Å²) in [5, 5.41) is 8.15. The average molecular weight is 218 g/mol. The highest BCUT2D eigenvalue weighted by Crippen LogP contribution is 2.23. The average Bonchev–Trinajstić information content (AvgIpc) is 2.74. The number of aromatic nitrogens is 3. The Morgan fingerprint density at radius 3 is 2.93 bits per heavy atom.